The third kappa shape index (κ3) is 5.16. The molecule has 2 amide bonds. The molecule has 12 heteroatoms. The third-order valence-corrected chi connectivity index (χ3v) is 5.52. The number of nitrogens with zero attached hydrogens (tertiary/aromatic N) is 2. The zero-order chi connectivity index (χ0) is 22.7. The van der Waals surface area contributed by atoms with Crippen LogP contribution in [0.4, 0.5) is 10.5 Å². The number of thioether (sulfide) groups is 1. The summed E-state index contributed by atoms with van der Waals surface area (Å²) in [4.78, 5) is 47.3. The number of nitro groups is 1. The first-order valence-electron chi connectivity index (χ1n) is 8.48. The van der Waals surface area contributed by atoms with Crippen LogP contribution in [0.2, 0.25) is 10.0 Å². The summed E-state index contributed by atoms with van der Waals surface area (Å²) < 4.78 is 5.03. The average molecular weight is 483 g/mol. The summed E-state index contributed by atoms with van der Waals surface area (Å²) in [6.07, 6.45) is 1.39. The summed E-state index contributed by atoms with van der Waals surface area (Å²) in [5.74, 6) is -1.84. The van der Waals surface area contributed by atoms with Crippen LogP contribution in [-0.4, -0.2) is 38.7 Å². The van der Waals surface area contributed by atoms with Gasteiger partial charge < -0.3 is 9.84 Å². The lowest BCUT2D eigenvalue weighted by Gasteiger charge is -2.12. The van der Waals surface area contributed by atoms with Gasteiger partial charge >= 0.3 is 5.97 Å². The van der Waals surface area contributed by atoms with E-state index in [1.807, 2.05) is 0 Å². The van der Waals surface area contributed by atoms with Gasteiger partial charge in [0.25, 0.3) is 16.8 Å². The van der Waals surface area contributed by atoms with Crippen molar-refractivity contribution >= 4 is 63.8 Å². The molecule has 1 N–H and O–H groups in total. The van der Waals surface area contributed by atoms with Crippen LogP contribution in [0.15, 0.2) is 41.3 Å². The molecule has 0 saturated carbocycles. The smallest absolute Gasteiger partial charge is 0.341 e. The molecular weight excluding hydrogens is 471 g/mol. The Morgan fingerprint density at radius 3 is 2.48 bits per heavy atom. The largest absolute Gasteiger partial charge is 0.479 e. The second-order valence-corrected chi connectivity index (χ2v) is 7.96. The Labute approximate surface area is 189 Å². The molecule has 160 valence electrons. The van der Waals surface area contributed by atoms with Crippen LogP contribution < -0.4 is 4.74 Å². The van der Waals surface area contributed by atoms with Crippen molar-refractivity contribution in [2.45, 2.75) is 6.54 Å². The van der Waals surface area contributed by atoms with Crippen molar-refractivity contribution in [2.75, 3.05) is 6.61 Å². The lowest BCUT2D eigenvalue weighted by atomic mass is 10.1. The van der Waals surface area contributed by atoms with E-state index in [2.05, 4.69) is 0 Å². The molecule has 31 heavy (non-hydrogen) atoms. The molecule has 0 radical (unpaired) electrons. The van der Waals surface area contributed by atoms with Gasteiger partial charge in [0, 0.05) is 11.6 Å². The number of carboxylic acid groups (broad SMARTS) is 1. The number of aliphatic carboxylic acids is 1. The predicted octanol–water partition coefficient (Wildman–Crippen LogP) is 4.60. The first-order valence-corrected chi connectivity index (χ1v) is 10.1. The molecule has 0 spiro atoms. The number of amides is 2. The Hall–Kier alpha value is -3.08. The number of hydrogen-bond acceptors (Lipinski definition) is 7. The van der Waals surface area contributed by atoms with Gasteiger partial charge in [-0.2, -0.15) is 0 Å². The van der Waals surface area contributed by atoms with Crippen LogP contribution in [0, 0.1) is 10.1 Å². The Morgan fingerprint density at radius 1 is 1.23 bits per heavy atom. The molecule has 9 nitrogen and oxygen atoms in total. The second-order valence-electron chi connectivity index (χ2n) is 6.15. The molecule has 1 aliphatic rings. The number of hydrogen-bond donors (Lipinski definition) is 1. The molecule has 0 atom stereocenters. The number of halogens is 2. The quantitative estimate of drug-likeness (QED) is 0.344. The highest BCUT2D eigenvalue weighted by atomic mass is 35.5. The third-order valence-electron chi connectivity index (χ3n) is 4.05. The van der Waals surface area contributed by atoms with Crippen molar-refractivity contribution in [1.29, 1.82) is 0 Å². The molecule has 2 aromatic rings. The van der Waals surface area contributed by atoms with Crippen molar-refractivity contribution in [3.8, 4) is 5.75 Å². The molecule has 0 aliphatic carbocycles. The minimum Gasteiger partial charge on any atom is -0.479 e. The molecule has 0 bridgehead atoms. The highest BCUT2D eigenvalue weighted by Gasteiger charge is 2.36. The van der Waals surface area contributed by atoms with Crippen LogP contribution in [0.5, 0.6) is 5.75 Å². The maximum absolute atomic E-state index is 12.7. The van der Waals surface area contributed by atoms with Gasteiger partial charge in [0.1, 0.15) is 0 Å². The van der Waals surface area contributed by atoms with Crippen molar-refractivity contribution in [3.05, 3.63) is 72.6 Å². The molecule has 3 rings (SSSR count). The monoisotopic (exact) mass is 482 g/mol. The van der Waals surface area contributed by atoms with Gasteiger partial charge in [0.05, 0.1) is 26.4 Å². The molecule has 1 saturated heterocycles. The molecule has 1 fully saturated rings. The minimum absolute atomic E-state index is 0.0209. The van der Waals surface area contributed by atoms with Crippen LogP contribution in [0.25, 0.3) is 6.08 Å². The van der Waals surface area contributed by atoms with Crippen molar-refractivity contribution in [3.63, 3.8) is 0 Å². The number of carbonyl (C=O) groups excluding carboxylic acids is 2. The van der Waals surface area contributed by atoms with Crippen LogP contribution in [-0.2, 0) is 16.1 Å². The van der Waals surface area contributed by atoms with Crippen LogP contribution >= 0.6 is 35.0 Å². The Morgan fingerprint density at radius 2 is 1.87 bits per heavy atom. The van der Waals surface area contributed by atoms with E-state index < -0.39 is 28.6 Å². The van der Waals surface area contributed by atoms with E-state index in [4.69, 9.17) is 33.0 Å². The molecular formula is C19H12Cl2N2O7S. The molecule has 0 unspecified atom stereocenters. The first kappa shape index (κ1) is 22.6. The molecule has 1 heterocycles. The van der Waals surface area contributed by atoms with Gasteiger partial charge in [0.15, 0.2) is 12.4 Å². The fourth-order valence-corrected chi connectivity index (χ4v) is 4.17. The average Bonchev–Trinajstić information content (AvgIpc) is 2.94. The van der Waals surface area contributed by atoms with E-state index in [0.29, 0.717) is 17.3 Å². The normalized spacial score (nSPS) is 14.9. The highest BCUT2D eigenvalue weighted by Crippen LogP contribution is 2.38. The summed E-state index contributed by atoms with van der Waals surface area (Å²) in [5.41, 5.74) is 0.414. The number of para-hydroxylation sites is 1. The molecule has 1 aliphatic heterocycles. The second kappa shape index (κ2) is 9.38. The van der Waals surface area contributed by atoms with Gasteiger partial charge in [-0.15, -0.1) is 0 Å². The number of carbonyl (C=O) groups is 3. The lowest BCUT2D eigenvalue weighted by Crippen LogP contribution is -2.27. The van der Waals surface area contributed by atoms with Crippen molar-refractivity contribution in [2.24, 2.45) is 0 Å². The topological polar surface area (TPSA) is 127 Å². The number of ether oxygens (including phenoxy) is 1. The summed E-state index contributed by atoms with van der Waals surface area (Å²) in [5, 5.41) is 19.3. The van der Waals surface area contributed by atoms with E-state index in [-0.39, 0.29) is 38.5 Å². The summed E-state index contributed by atoms with van der Waals surface area (Å²) in [7, 11) is 0. The van der Waals surface area contributed by atoms with Gasteiger partial charge in [0.2, 0.25) is 0 Å². The Bertz CT molecular complexity index is 1110. The fourth-order valence-electron chi connectivity index (χ4n) is 2.72. The van der Waals surface area contributed by atoms with Crippen molar-refractivity contribution < 1.29 is 29.2 Å². The SMILES string of the molecule is O=C(O)COc1c(Cl)cc(/C=C2\SC(=O)N(Cc3ccccc3[N+](=O)[O-])C2=O)cc1Cl. The lowest BCUT2D eigenvalue weighted by molar-refractivity contribution is -0.385. The Balaban J connectivity index is 1.84. The number of rotatable bonds is 7. The first-order chi connectivity index (χ1) is 14.7. The van der Waals surface area contributed by atoms with Crippen LogP contribution in [0.1, 0.15) is 11.1 Å². The highest BCUT2D eigenvalue weighted by molar-refractivity contribution is 8.18. The van der Waals surface area contributed by atoms with E-state index in [0.717, 1.165) is 4.90 Å². The van der Waals surface area contributed by atoms with Gasteiger partial charge in [-0.3, -0.25) is 24.6 Å². The number of nitro benzene ring substituents is 1. The maximum Gasteiger partial charge on any atom is 0.341 e. The van der Waals surface area contributed by atoms with Gasteiger partial charge in [-0.1, -0.05) is 41.4 Å². The Kier molecular flexibility index (Phi) is 6.84. The summed E-state index contributed by atoms with van der Waals surface area (Å²) in [6.45, 7) is -0.883. The van der Waals surface area contributed by atoms with Crippen LogP contribution in [0.3, 0.4) is 0 Å². The van der Waals surface area contributed by atoms with E-state index in [1.165, 1.54) is 36.4 Å². The zero-order valence-corrected chi connectivity index (χ0v) is 17.7. The summed E-state index contributed by atoms with van der Waals surface area (Å²) in [6, 6.07) is 8.64. The maximum atomic E-state index is 12.7. The standard InChI is InChI=1S/C19H12Cl2N2O7S/c20-12-5-10(6-13(21)17(12)30-9-16(24)25)7-15-18(26)22(19(27)31-15)8-11-3-1-2-4-14(11)23(28)29/h1-7H,8-9H2,(H,24,25)/b15-7-. The van der Waals surface area contributed by atoms with E-state index in [1.54, 1.807) is 6.07 Å². The zero-order valence-electron chi connectivity index (χ0n) is 15.4. The predicted molar refractivity (Wildman–Crippen MR) is 114 cm³/mol. The van der Waals surface area contributed by atoms with Gasteiger partial charge in [-0.05, 0) is 35.5 Å². The molecule has 2 aromatic carbocycles. The summed E-state index contributed by atoms with van der Waals surface area (Å²) >= 11 is 12.8. The number of carboxylic acids is 1. The number of benzene rings is 2. The van der Waals surface area contributed by atoms with E-state index in [9.17, 15) is 24.5 Å². The fraction of sp³-hybridized carbons (Fsp3) is 0.105. The molecule has 0 aromatic heterocycles. The van der Waals surface area contributed by atoms with E-state index >= 15 is 0 Å². The van der Waals surface area contributed by atoms with Crippen molar-refractivity contribution in [1.82, 2.24) is 4.90 Å². The number of imide groups is 1. The van der Waals surface area contributed by atoms with Gasteiger partial charge in [-0.25, -0.2) is 4.79 Å². The minimum atomic E-state index is -1.21.